The normalized spacial score (nSPS) is 21.3. The van der Waals surface area contributed by atoms with Crippen molar-refractivity contribution in [3.05, 3.63) is 63.7 Å². The minimum Gasteiger partial charge on any atom is -0.491 e. The first-order valence-electron chi connectivity index (χ1n) is 11.9. The molecular formula is C26H28F2N4O3S. The fourth-order valence-electron chi connectivity index (χ4n) is 4.33. The number of pyridine rings is 1. The maximum Gasteiger partial charge on any atom is 0.260 e. The molecule has 3 heterocycles. The standard InChI is InChI=1S/C26H28F2N4O3S/c1-15(25-31-16(2)23(36-25)24(29)33)17-3-5-19(6-4-17)35-21-9-10-32(13-21)22-8-7-20(12-30-22)34-14-18-11-26(18,27)28/h3-8,12,15,18,21H,9-11,13-14H2,1-2H3,(H2,29,33)/t15-,18?,21+/m0/s1. The molecule has 10 heteroatoms. The zero-order chi connectivity index (χ0) is 25.4. The average Bonchev–Trinajstić information content (AvgIpc) is 3.19. The summed E-state index contributed by atoms with van der Waals surface area (Å²) in [6.07, 6.45) is 2.38. The second kappa shape index (κ2) is 9.65. The highest BCUT2D eigenvalue weighted by Gasteiger charge is 2.57. The van der Waals surface area contributed by atoms with E-state index in [1.807, 2.05) is 30.3 Å². The van der Waals surface area contributed by atoms with Gasteiger partial charge in [-0.3, -0.25) is 4.79 Å². The van der Waals surface area contributed by atoms with Gasteiger partial charge < -0.3 is 20.1 Å². The number of aryl methyl sites for hydroxylation is 1. The summed E-state index contributed by atoms with van der Waals surface area (Å²) in [5.74, 6) is -1.57. The molecule has 2 N–H and O–H groups in total. The van der Waals surface area contributed by atoms with E-state index in [0.29, 0.717) is 22.9 Å². The molecule has 2 aromatic heterocycles. The highest BCUT2D eigenvalue weighted by molar-refractivity contribution is 7.13. The SMILES string of the molecule is Cc1nc([C@@H](C)c2ccc(O[C@@H]3CCN(c4ccc(OCC5CC5(F)F)cn4)C3)cc2)sc1C(N)=O. The van der Waals surface area contributed by atoms with Crippen molar-refractivity contribution in [3.63, 3.8) is 0 Å². The molecule has 5 rings (SSSR count). The number of primary amides is 1. The van der Waals surface area contributed by atoms with Crippen LogP contribution in [-0.4, -0.2) is 47.6 Å². The first-order chi connectivity index (χ1) is 17.2. The van der Waals surface area contributed by atoms with Crippen LogP contribution in [0.2, 0.25) is 0 Å². The number of benzene rings is 1. The molecule has 1 aliphatic carbocycles. The summed E-state index contributed by atoms with van der Waals surface area (Å²) in [4.78, 5) is 23.1. The lowest BCUT2D eigenvalue weighted by Crippen LogP contribution is -2.25. The Labute approximate surface area is 212 Å². The van der Waals surface area contributed by atoms with Crippen LogP contribution < -0.4 is 20.1 Å². The van der Waals surface area contributed by atoms with Gasteiger partial charge in [-0.05, 0) is 36.8 Å². The Morgan fingerprint density at radius 1 is 1.25 bits per heavy atom. The molecule has 2 fully saturated rings. The topological polar surface area (TPSA) is 90.6 Å². The van der Waals surface area contributed by atoms with Crippen molar-refractivity contribution in [1.82, 2.24) is 9.97 Å². The quantitative estimate of drug-likeness (QED) is 0.442. The zero-order valence-corrected chi connectivity index (χ0v) is 20.9. The number of carbonyl (C=O) groups is 1. The summed E-state index contributed by atoms with van der Waals surface area (Å²) in [6, 6.07) is 11.6. The van der Waals surface area contributed by atoms with Crippen molar-refractivity contribution in [2.75, 3.05) is 24.6 Å². The van der Waals surface area contributed by atoms with Gasteiger partial charge in [-0.2, -0.15) is 0 Å². The number of aromatic nitrogens is 2. The molecule has 1 amide bonds. The molecule has 190 valence electrons. The Hall–Kier alpha value is -3.27. The Bertz CT molecular complexity index is 1230. The minimum atomic E-state index is -2.58. The predicted octanol–water partition coefficient (Wildman–Crippen LogP) is 4.79. The number of nitrogens with zero attached hydrogens (tertiary/aromatic N) is 3. The van der Waals surface area contributed by atoms with Gasteiger partial charge in [0.1, 0.15) is 33.3 Å². The van der Waals surface area contributed by atoms with Crippen molar-refractivity contribution in [1.29, 1.82) is 0 Å². The van der Waals surface area contributed by atoms with E-state index in [9.17, 15) is 13.6 Å². The lowest BCUT2D eigenvalue weighted by atomic mass is 10.0. The molecule has 3 aromatic rings. The van der Waals surface area contributed by atoms with Crippen LogP contribution in [0.4, 0.5) is 14.6 Å². The summed E-state index contributed by atoms with van der Waals surface area (Å²) < 4.78 is 37.6. The number of anilines is 1. The first kappa shape index (κ1) is 24.4. The van der Waals surface area contributed by atoms with E-state index in [1.165, 1.54) is 11.3 Å². The van der Waals surface area contributed by atoms with Crippen LogP contribution >= 0.6 is 11.3 Å². The molecule has 3 atom stereocenters. The number of carbonyl (C=O) groups excluding carboxylic acids is 1. The van der Waals surface area contributed by atoms with Crippen molar-refractivity contribution < 1.29 is 23.0 Å². The third kappa shape index (κ3) is 5.28. The molecule has 0 bridgehead atoms. The minimum absolute atomic E-state index is 0.0170. The fraction of sp³-hybridized carbons (Fsp3) is 0.423. The molecule has 1 saturated heterocycles. The lowest BCUT2D eigenvalue weighted by molar-refractivity contribution is 0.0855. The van der Waals surface area contributed by atoms with E-state index in [-0.39, 0.29) is 25.0 Å². The molecule has 2 aliphatic rings. The number of halogens is 2. The molecule has 1 aliphatic heterocycles. The summed E-state index contributed by atoms with van der Waals surface area (Å²) in [6.45, 7) is 5.38. The van der Waals surface area contributed by atoms with Gasteiger partial charge >= 0.3 is 0 Å². The van der Waals surface area contributed by atoms with Gasteiger partial charge in [0.25, 0.3) is 11.8 Å². The van der Waals surface area contributed by atoms with Crippen molar-refractivity contribution in [2.45, 2.75) is 44.6 Å². The third-order valence-corrected chi connectivity index (χ3v) is 8.04. The molecule has 36 heavy (non-hydrogen) atoms. The molecule has 1 aromatic carbocycles. The highest BCUT2D eigenvalue weighted by atomic mass is 32.1. The Kier molecular flexibility index (Phi) is 6.55. The molecule has 0 spiro atoms. The van der Waals surface area contributed by atoms with E-state index in [2.05, 4.69) is 21.8 Å². The summed E-state index contributed by atoms with van der Waals surface area (Å²) in [5, 5.41) is 0.857. The number of nitrogens with two attached hydrogens (primary N) is 1. The van der Waals surface area contributed by atoms with Crippen molar-refractivity contribution in [2.24, 2.45) is 11.7 Å². The third-order valence-electron chi connectivity index (χ3n) is 6.69. The largest absolute Gasteiger partial charge is 0.491 e. The Morgan fingerprint density at radius 2 is 1.97 bits per heavy atom. The van der Waals surface area contributed by atoms with E-state index < -0.39 is 17.7 Å². The summed E-state index contributed by atoms with van der Waals surface area (Å²) in [5.41, 5.74) is 7.18. The first-order valence-corrected chi connectivity index (χ1v) is 12.8. The van der Waals surface area contributed by atoms with Crippen LogP contribution in [0.1, 0.15) is 51.6 Å². The number of hydrogen-bond donors (Lipinski definition) is 1. The van der Waals surface area contributed by atoms with Crippen LogP contribution in [0.15, 0.2) is 42.6 Å². The van der Waals surface area contributed by atoms with Gasteiger partial charge in [0.05, 0.1) is 31.0 Å². The van der Waals surface area contributed by atoms with Crippen LogP contribution in [0.25, 0.3) is 0 Å². The maximum atomic E-state index is 13.0. The number of thiazole rings is 1. The smallest absolute Gasteiger partial charge is 0.260 e. The van der Waals surface area contributed by atoms with Gasteiger partial charge in [-0.25, -0.2) is 18.7 Å². The van der Waals surface area contributed by atoms with Gasteiger partial charge in [-0.1, -0.05) is 19.1 Å². The van der Waals surface area contributed by atoms with Crippen LogP contribution in [-0.2, 0) is 0 Å². The number of hydrogen-bond acceptors (Lipinski definition) is 7. The average molecular weight is 515 g/mol. The second-order valence-corrected chi connectivity index (χ2v) is 10.5. The van der Waals surface area contributed by atoms with E-state index in [4.69, 9.17) is 15.2 Å². The summed E-state index contributed by atoms with van der Waals surface area (Å²) in [7, 11) is 0. The molecule has 7 nitrogen and oxygen atoms in total. The van der Waals surface area contributed by atoms with E-state index >= 15 is 0 Å². The van der Waals surface area contributed by atoms with Gasteiger partial charge in [0.15, 0.2) is 0 Å². The fourth-order valence-corrected chi connectivity index (χ4v) is 5.32. The highest BCUT2D eigenvalue weighted by Crippen LogP contribution is 2.48. The van der Waals surface area contributed by atoms with Crippen LogP contribution in [0.3, 0.4) is 0 Å². The van der Waals surface area contributed by atoms with Crippen LogP contribution in [0, 0.1) is 12.8 Å². The van der Waals surface area contributed by atoms with Crippen molar-refractivity contribution in [3.8, 4) is 11.5 Å². The lowest BCUT2D eigenvalue weighted by Gasteiger charge is -2.18. The maximum absolute atomic E-state index is 13.0. The summed E-state index contributed by atoms with van der Waals surface area (Å²) >= 11 is 1.34. The Morgan fingerprint density at radius 3 is 2.58 bits per heavy atom. The predicted molar refractivity (Wildman–Crippen MR) is 133 cm³/mol. The number of rotatable bonds is 9. The van der Waals surface area contributed by atoms with Gasteiger partial charge in [-0.15, -0.1) is 11.3 Å². The van der Waals surface area contributed by atoms with E-state index in [1.54, 1.807) is 19.2 Å². The Balaban J connectivity index is 1.13. The molecule has 1 saturated carbocycles. The monoisotopic (exact) mass is 514 g/mol. The zero-order valence-electron chi connectivity index (χ0n) is 20.1. The second-order valence-electron chi connectivity index (χ2n) is 9.42. The number of amides is 1. The van der Waals surface area contributed by atoms with Crippen molar-refractivity contribution >= 4 is 23.1 Å². The van der Waals surface area contributed by atoms with Gasteiger partial charge in [0.2, 0.25) is 0 Å². The van der Waals surface area contributed by atoms with Gasteiger partial charge in [0, 0.05) is 25.3 Å². The number of alkyl halides is 2. The van der Waals surface area contributed by atoms with E-state index in [0.717, 1.165) is 35.1 Å². The van der Waals surface area contributed by atoms with Crippen LogP contribution in [0.5, 0.6) is 11.5 Å². The molecule has 0 radical (unpaired) electrons. The molecular weight excluding hydrogens is 486 g/mol. The number of ether oxygens (including phenoxy) is 2. The molecule has 1 unspecified atom stereocenters.